The second-order valence-electron chi connectivity index (χ2n) is 29.4. The molecule has 2 bridgehead atoms. The number of anilines is 6. The molecule has 3 heterocycles. The fourth-order valence-corrected chi connectivity index (χ4v) is 16.7. The predicted molar refractivity (Wildman–Crippen MR) is 318 cm³/mol. The van der Waals surface area contributed by atoms with E-state index in [-0.39, 0.29) is 50.0 Å². The van der Waals surface area contributed by atoms with Crippen LogP contribution in [0.2, 0.25) is 0 Å². The molecule has 6 aliphatic rings. The van der Waals surface area contributed by atoms with Crippen LogP contribution in [0.4, 0.5) is 34.1 Å². The summed E-state index contributed by atoms with van der Waals surface area (Å²) in [4.78, 5) is 5.56. The third-order valence-electron chi connectivity index (χ3n) is 20.2. The molecule has 2 unspecified atom stereocenters. The van der Waals surface area contributed by atoms with Crippen molar-refractivity contribution < 1.29 is 0 Å². The van der Waals surface area contributed by atoms with Gasteiger partial charge in [-0.05, 0) is 204 Å². The smallest absolute Gasteiger partial charge is 0.264 e. The monoisotopic (exact) mass is 979 g/mol. The highest BCUT2D eigenvalue weighted by Crippen LogP contribution is 2.63. The Morgan fingerprint density at radius 1 is 0.466 bits per heavy atom. The summed E-state index contributed by atoms with van der Waals surface area (Å²) in [5.41, 5.74) is 26.0. The summed E-state index contributed by atoms with van der Waals surface area (Å²) in [5.74, 6) is 0. The van der Waals surface area contributed by atoms with Crippen molar-refractivity contribution in [3.63, 3.8) is 0 Å². The maximum absolute atomic E-state index is 2.80. The highest BCUT2D eigenvalue weighted by atomic mass is 32.1. The van der Waals surface area contributed by atoms with Crippen LogP contribution in [-0.2, 0) is 43.3 Å². The Labute approximate surface area is 443 Å². The van der Waals surface area contributed by atoms with E-state index in [0.717, 1.165) is 0 Å². The van der Waals surface area contributed by atoms with E-state index in [9.17, 15) is 0 Å². The van der Waals surface area contributed by atoms with Gasteiger partial charge in [-0.2, -0.15) is 0 Å². The second-order valence-corrected chi connectivity index (χ2v) is 30.4. The first-order valence-electron chi connectivity index (χ1n) is 28.0. The maximum Gasteiger partial charge on any atom is 0.264 e. The Bertz CT molecular complexity index is 3510. The van der Waals surface area contributed by atoms with Gasteiger partial charge in [-0.3, -0.25) is 0 Å². The lowest BCUT2D eigenvalue weighted by Gasteiger charge is -2.48. The van der Waals surface area contributed by atoms with Gasteiger partial charge in [0.05, 0.1) is 11.4 Å². The van der Waals surface area contributed by atoms with Crippen molar-refractivity contribution in [2.45, 2.75) is 199 Å². The molecular weight excluding hydrogens is 900 g/mol. The summed E-state index contributed by atoms with van der Waals surface area (Å²) < 4.78 is 2.94. The zero-order valence-electron chi connectivity index (χ0n) is 47.1. The van der Waals surface area contributed by atoms with Gasteiger partial charge in [0, 0.05) is 43.2 Å². The number of rotatable bonds is 3. The summed E-state index contributed by atoms with van der Waals surface area (Å²) in [6.07, 6.45) is 8.57. The number of thiophene rings is 1. The van der Waals surface area contributed by atoms with Crippen LogP contribution < -0.4 is 25.5 Å². The SMILES string of the molecule is CC(C)(C)c1ccc(N2c3cc4c(cc3B3c5sc6cc7c(cc6c5N(c5ccc6c(c5)C(C)(C)CCC6(C)C)c5cc(C(C)(C)C)cc2c53)C2(C)CCC7(C)C2)C(C)(C)CCC4(C)C)c(-c2ccccc2)c1. The highest BCUT2D eigenvalue weighted by Gasteiger charge is 2.54. The van der Waals surface area contributed by atoms with E-state index in [1.54, 1.807) is 11.1 Å². The maximum atomic E-state index is 2.80. The van der Waals surface area contributed by atoms with Crippen LogP contribution in [0.3, 0.4) is 0 Å². The van der Waals surface area contributed by atoms with Crippen LogP contribution in [0.25, 0.3) is 21.2 Å². The minimum absolute atomic E-state index is 0.0156. The number of nitrogens with zero attached hydrogens (tertiary/aromatic N) is 2. The Hall–Kier alpha value is -5.06. The molecule has 4 heteroatoms. The van der Waals surface area contributed by atoms with Gasteiger partial charge in [-0.15, -0.1) is 11.3 Å². The number of fused-ring (bicyclic) bond motifs is 13. The van der Waals surface area contributed by atoms with Gasteiger partial charge in [0.1, 0.15) is 0 Å². The molecule has 1 fully saturated rings. The van der Waals surface area contributed by atoms with Crippen molar-refractivity contribution >= 4 is 78.0 Å². The van der Waals surface area contributed by atoms with E-state index in [1.165, 1.54) is 149 Å². The Kier molecular flexibility index (Phi) is 9.70. The highest BCUT2D eigenvalue weighted by molar-refractivity contribution is 7.33. The standard InChI is InChI=1S/C69H79BN2S/c1-62(2,3)42-22-25-54(45(32-42)41-20-18-17-19-21-41)72-55-38-50-49(66(11,12)28-29-67(50,13)14)37-53(55)70-59-56(33-43(34-57(59)72)63(4,5)6)71(44-23-24-47-48(35-44)65(9,10)27-26-64(47,7)8)60-46-36-51-52(39-58(46)73-61(60)70)69(16)31-30-68(51,15)40-69/h17-25,32-39H,26-31,40H2,1-16H3. The lowest BCUT2D eigenvalue weighted by atomic mass is 9.35. The van der Waals surface area contributed by atoms with Gasteiger partial charge >= 0.3 is 0 Å². The first kappa shape index (κ1) is 47.6. The quantitative estimate of drug-likeness (QED) is 0.163. The molecule has 2 aliphatic heterocycles. The third kappa shape index (κ3) is 6.79. The van der Waals surface area contributed by atoms with Crippen molar-refractivity contribution in [1.29, 1.82) is 0 Å². The summed E-state index contributed by atoms with van der Waals surface area (Å²) in [7, 11) is 0. The zero-order chi connectivity index (χ0) is 51.5. The first-order chi connectivity index (χ1) is 34.1. The van der Waals surface area contributed by atoms with Crippen LogP contribution in [-0.4, -0.2) is 6.71 Å². The molecule has 7 aromatic rings. The first-order valence-corrected chi connectivity index (χ1v) is 28.9. The van der Waals surface area contributed by atoms with Crippen molar-refractivity contribution in [2.75, 3.05) is 9.80 Å². The normalized spacial score (nSPS) is 23.4. The van der Waals surface area contributed by atoms with Gasteiger partial charge < -0.3 is 9.80 Å². The van der Waals surface area contributed by atoms with Gasteiger partial charge in [-0.25, -0.2) is 0 Å². The molecule has 73 heavy (non-hydrogen) atoms. The summed E-state index contributed by atoms with van der Waals surface area (Å²) in [6, 6.07) is 42.5. The van der Waals surface area contributed by atoms with Crippen molar-refractivity contribution in [3.8, 4) is 11.1 Å². The summed E-state index contributed by atoms with van der Waals surface area (Å²) in [6.45, 7) is 39.6. The number of benzene rings is 6. The fraction of sp³-hybridized carbons (Fsp3) is 0.449. The largest absolute Gasteiger partial charge is 0.311 e. The van der Waals surface area contributed by atoms with Crippen molar-refractivity contribution in [2.24, 2.45) is 0 Å². The molecule has 1 saturated carbocycles. The molecule has 0 radical (unpaired) electrons. The average molecular weight is 979 g/mol. The van der Waals surface area contributed by atoms with Gasteiger partial charge in [-0.1, -0.05) is 159 Å². The van der Waals surface area contributed by atoms with Crippen LogP contribution >= 0.6 is 11.3 Å². The van der Waals surface area contributed by atoms with Crippen LogP contribution in [0.15, 0.2) is 103 Å². The zero-order valence-corrected chi connectivity index (χ0v) is 48.0. The number of hydrogen-bond acceptors (Lipinski definition) is 3. The minimum Gasteiger partial charge on any atom is -0.311 e. The third-order valence-corrected chi connectivity index (χ3v) is 21.4. The van der Waals surface area contributed by atoms with Gasteiger partial charge in [0.25, 0.3) is 6.71 Å². The molecule has 374 valence electrons. The summed E-state index contributed by atoms with van der Waals surface area (Å²) >= 11 is 2.11. The molecule has 0 N–H and O–H groups in total. The van der Waals surface area contributed by atoms with Gasteiger partial charge in [0.2, 0.25) is 0 Å². The number of hydrogen-bond donors (Lipinski definition) is 0. The molecule has 4 aliphatic carbocycles. The molecule has 0 amide bonds. The van der Waals surface area contributed by atoms with E-state index < -0.39 is 0 Å². The Morgan fingerprint density at radius 3 is 1.64 bits per heavy atom. The van der Waals surface area contributed by atoms with Gasteiger partial charge in [0.15, 0.2) is 0 Å². The molecule has 2 atom stereocenters. The molecule has 2 nitrogen and oxygen atoms in total. The van der Waals surface area contributed by atoms with Crippen LogP contribution in [0.1, 0.15) is 200 Å². The predicted octanol–water partition coefficient (Wildman–Crippen LogP) is 17.7. The van der Waals surface area contributed by atoms with E-state index in [4.69, 9.17) is 0 Å². The van der Waals surface area contributed by atoms with E-state index in [2.05, 4.69) is 235 Å². The molecule has 0 spiro atoms. The fourth-order valence-electron chi connectivity index (χ4n) is 15.4. The molecule has 0 saturated heterocycles. The van der Waals surface area contributed by atoms with Crippen molar-refractivity contribution in [3.05, 3.63) is 148 Å². The molecule has 1 aromatic heterocycles. The Balaban J connectivity index is 1.19. The Morgan fingerprint density at radius 2 is 1.03 bits per heavy atom. The van der Waals surface area contributed by atoms with Crippen molar-refractivity contribution in [1.82, 2.24) is 0 Å². The lowest BCUT2D eigenvalue weighted by Crippen LogP contribution is -2.61. The molecular formula is C69H79BN2S. The lowest BCUT2D eigenvalue weighted by molar-refractivity contribution is 0.332. The van der Waals surface area contributed by atoms with E-state index in [1.807, 2.05) is 0 Å². The minimum atomic E-state index is -0.123. The summed E-state index contributed by atoms with van der Waals surface area (Å²) in [5, 5.41) is 1.44. The van der Waals surface area contributed by atoms with E-state index >= 15 is 0 Å². The topological polar surface area (TPSA) is 6.48 Å². The van der Waals surface area contributed by atoms with E-state index in [0.29, 0.717) is 0 Å². The average Bonchev–Trinajstić information content (AvgIpc) is 3.96. The van der Waals surface area contributed by atoms with Crippen LogP contribution in [0.5, 0.6) is 0 Å². The molecule has 6 aromatic carbocycles. The molecule has 13 rings (SSSR count). The van der Waals surface area contributed by atoms with Crippen LogP contribution in [0, 0.1) is 0 Å². The second kappa shape index (κ2) is 14.9.